The molecule has 0 aliphatic heterocycles. The van der Waals surface area contributed by atoms with Gasteiger partial charge in [0.2, 0.25) is 5.91 Å². The Morgan fingerprint density at radius 3 is 2.80 bits per heavy atom. The number of hydrogen-bond donors (Lipinski definition) is 3. The highest BCUT2D eigenvalue weighted by Gasteiger charge is 2.03. The van der Waals surface area contributed by atoms with Gasteiger partial charge in [0.25, 0.3) is 0 Å². The SMILES string of the molecule is CCCOc1cc(N)cc(NCC(=O)NCCOC)c1. The highest BCUT2D eigenvalue weighted by molar-refractivity contribution is 5.81. The lowest BCUT2D eigenvalue weighted by Gasteiger charge is -2.11. The first kappa shape index (κ1) is 16.1. The van der Waals surface area contributed by atoms with Gasteiger partial charge in [0.05, 0.1) is 19.8 Å². The second-order valence-corrected chi connectivity index (χ2v) is 4.34. The molecule has 6 nitrogen and oxygen atoms in total. The third kappa shape index (κ3) is 6.29. The van der Waals surface area contributed by atoms with E-state index >= 15 is 0 Å². The molecule has 0 fully saturated rings. The Kier molecular flexibility index (Phi) is 7.27. The summed E-state index contributed by atoms with van der Waals surface area (Å²) < 4.78 is 10.4. The van der Waals surface area contributed by atoms with Crippen molar-refractivity contribution in [3.8, 4) is 5.75 Å². The van der Waals surface area contributed by atoms with E-state index < -0.39 is 0 Å². The summed E-state index contributed by atoms with van der Waals surface area (Å²) in [5.74, 6) is 0.606. The molecule has 1 aromatic carbocycles. The van der Waals surface area contributed by atoms with Crippen LogP contribution in [0, 0.1) is 0 Å². The van der Waals surface area contributed by atoms with E-state index in [9.17, 15) is 4.79 Å². The number of carbonyl (C=O) groups excluding carboxylic acids is 1. The quantitative estimate of drug-likeness (QED) is 0.468. The van der Waals surface area contributed by atoms with E-state index in [0.29, 0.717) is 31.2 Å². The van der Waals surface area contributed by atoms with Gasteiger partial charge >= 0.3 is 0 Å². The minimum absolute atomic E-state index is 0.0968. The van der Waals surface area contributed by atoms with Crippen LogP contribution in [0.1, 0.15) is 13.3 Å². The van der Waals surface area contributed by atoms with Gasteiger partial charge in [0, 0.05) is 37.2 Å². The number of methoxy groups -OCH3 is 1. The van der Waals surface area contributed by atoms with Crippen LogP contribution in [0.3, 0.4) is 0 Å². The Balaban J connectivity index is 2.46. The molecular weight excluding hydrogens is 258 g/mol. The molecule has 0 aliphatic carbocycles. The second kappa shape index (κ2) is 9.03. The molecule has 20 heavy (non-hydrogen) atoms. The minimum Gasteiger partial charge on any atom is -0.493 e. The Morgan fingerprint density at radius 2 is 2.10 bits per heavy atom. The van der Waals surface area contributed by atoms with Crippen molar-refractivity contribution in [2.45, 2.75) is 13.3 Å². The fourth-order valence-electron chi connectivity index (χ4n) is 1.56. The number of anilines is 2. The maximum absolute atomic E-state index is 11.5. The molecule has 0 saturated carbocycles. The molecule has 0 unspecified atom stereocenters. The van der Waals surface area contributed by atoms with E-state index in [-0.39, 0.29) is 12.5 Å². The highest BCUT2D eigenvalue weighted by atomic mass is 16.5. The van der Waals surface area contributed by atoms with Gasteiger partial charge in [-0.05, 0) is 12.5 Å². The summed E-state index contributed by atoms with van der Waals surface area (Å²) in [6.07, 6.45) is 0.930. The Labute approximate surface area is 119 Å². The van der Waals surface area contributed by atoms with Crippen molar-refractivity contribution in [2.24, 2.45) is 0 Å². The fraction of sp³-hybridized carbons (Fsp3) is 0.500. The summed E-state index contributed by atoms with van der Waals surface area (Å²) >= 11 is 0. The highest BCUT2D eigenvalue weighted by Crippen LogP contribution is 2.22. The second-order valence-electron chi connectivity index (χ2n) is 4.34. The largest absolute Gasteiger partial charge is 0.493 e. The molecule has 1 aromatic rings. The predicted octanol–water partition coefficient (Wildman–Crippen LogP) is 1.23. The molecule has 0 radical (unpaired) electrons. The first-order valence-electron chi connectivity index (χ1n) is 6.68. The third-order valence-electron chi connectivity index (χ3n) is 2.48. The van der Waals surface area contributed by atoms with Crippen LogP contribution in [0.25, 0.3) is 0 Å². The number of amides is 1. The van der Waals surface area contributed by atoms with Crippen LogP contribution in [0.4, 0.5) is 11.4 Å². The number of nitrogens with two attached hydrogens (primary N) is 1. The van der Waals surface area contributed by atoms with Gasteiger partial charge in [-0.1, -0.05) is 6.92 Å². The topological polar surface area (TPSA) is 85.6 Å². The molecule has 6 heteroatoms. The Bertz CT molecular complexity index is 424. The molecule has 0 aromatic heterocycles. The number of carbonyl (C=O) groups is 1. The summed E-state index contributed by atoms with van der Waals surface area (Å²) in [5.41, 5.74) is 7.16. The standard InChI is InChI=1S/C14H23N3O3/c1-3-5-20-13-8-11(15)7-12(9-13)17-10-14(18)16-4-6-19-2/h7-9,17H,3-6,10,15H2,1-2H3,(H,16,18). The molecule has 1 rings (SSSR count). The monoisotopic (exact) mass is 281 g/mol. The normalized spacial score (nSPS) is 10.1. The lowest BCUT2D eigenvalue weighted by Crippen LogP contribution is -2.32. The summed E-state index contributed by atoms with van der Waals surface area (Å²) in [7, 11) is 1.59. The van der Waals surface area contributed by atoms with Crippen molar-refractivity contribution in [3.63, 3.8) is 0 Å². The van der Waals surface area contributed by atoms with Crippen LogP contribution in [-0.4, -0.2) is 39.3 Å². The van der Waals surface area contributed by atoms with E-state index in [1.807, 2.05) is 13.0 Å². The lowest BCUT2D eigenvalue weighted by atomic mass is 10.2. The van der Waals surface area contributed by atoms with Gasteiger partial charge in [-0.3, -0.25) is 4.79 Å². The van der Waals surface area contributed by atoms with E-state index in [2.05, 4.69) is 10.6 Å². The van der Waals surface area contributed by atoms with Gasteiger partial charge in [0.1, 0.15) is 5.75 Å². The zero-order chi connectivity index (χ0) is 14.8. The van der Waals surface area contributed by atoms with Crippen LogP contribution in [0.5, 0.6) is 5.75 Å². The zero-order valence-electron chi connectivity index (χ0n) is 12.1. The van der Waals surface area contributed by atoms with Crippen LogP contribution in [-0.2, 0) is 9.53 Å². The molecule has 112 valence electrons. The van der Waals surface area contributed by atoms with Crippen LogP contribution < -0.4 is 21.1 Å². The first-order chi connectivity index (χ1) is 9.65. The van der Waals surface area contributed by atoms with Gasteiger partial charge in [-0.15, -0.1) is 0 Å². The number of nitrogens with one attached hydrogen (secondary N) is 2. The van der Waals surface area contributed by atoms with Gasteiger partial charge in [-0.25, -0.2) is 0 Å². The molecule has 0 atom stereocenters. The maximum Gasteiger partial charge on any atom is 0.239 e. The average Bonchev–Trinajstić information content (AvgIpc) is 2.43. The number of rotatable bonds is 9. The molecule has 0 spiro atoms. The summed E-state index contributed by atoms with van der Waals surface area (Å²) in [4.78, 5) is 11.5. The maximum atomic E-state index is 11.5. The van der Waals surface area contributed by atoms with Crippen molar-refractivity contribution >= 4 is 17.3 Å². The van der Waals surface area contributed by atoms with E-state index in [4.69, 9.17) is 15.2 Å². The van der Waals surface area contributed by atoms with Crippen LogP contribution in [0.15, 0.2) is 18.2 Å². The average molecular weight is 281 g/mol. The smallest absolute Gasteiger partial charge is 0.239 e. The molecule has 0 aliphatic rings. The Hall–Kier alpha value is -1.95. The number of ether oxygens (including phenoxy) is 2. The fourth-order valence-corrected chi connectivity index (χ4v) is 1.56. The van der Waals surface area contributed by atoms with E-state index in [1.54, 1.807) is 19.2 Å². The van der Waals surface area contributed by atoms with Gasteiger partial charge in [0.15, 0.2) is 0 Å². The van der Waals surface area contributed by atoms with Crippen LogP contribution in [0.2, 0.25) is 0 Å². The van der Waals surface area contributed by atoms with Crippen molar-refractivity contribution in [1.82, 2.24) is 5.32 Å². The number of nitrogen functional groups attached to an aromatic ring is 1. The summed E-state index contributed by atoms with van der Waals surface area (Å²) in [6.45, 7) is 3.86. The third-order valence-corrected chi connectivity index (χ3v) is 2.48. The van der Waals surface area contributed by atoms with Gasteiger partial charge in [-0.2, -0.15) is 0 Å². The summed E-state index contributed by atoms with van der Waals surface area (Å²) in [5, 5.41) is 5.74. The number of benzene rings is 1. The summed E-state index contributed by atoms with van der Waals surface area (Å²) in [6, 6.07) is 5.36. The van der Waals surface area contributed by atoms with Crippen molar-refractivity contribution in [2.75, 3.05) is 44.5 Å². The molecular formula is C14H23N3O3. The molecule has 0 bridgehead atoms. The van der Waals surface area contributed by atoms with Gasteiger partial charge < -0.3 is 25.8 Å². The van der Waals surface area contributed by atoms with E-state index in [1.165, 1.54) is 0 Å². The first-order valence-corrected chi connectivity index (χ1v) is 6.68. The molecule has 4 N–H and O–H groups in total. The molecule has 1 amide bonds. The van der Waals surface area contributed by atoms with Crippen molar-refractivity contribution < 1.29 is 14.3 Å². The number of hydrogen-bond acceptors (Lipinski definition) is 5. The molecule has 0 saturated heterocycles. The van der Waals surface area contributed by atoms with E-state index in [0.717, 1.165) is 12.1 Å². The van der Waals surface area contributed by atoms with Crippen molar-refractivity contribution in [3.05, 3.63) is 18.2 Å². The van der Waals surface area contributed by atoms with Crippen molar-refractivity contribution in [1.29, 1.82) is 0 Å². The molecule has 0 heterocycles. The minimum atomic E-state index is -0.0968. The van der Waals surface area contributed by atoms with Crippen LogP contribution >= 0.6 is 0 Å². The lowest BCUT2D eigenvalue weighted by molar-refractivity contribution is -0.119. The zero-order valence-corrected chi connectivity index (χ0v) is 12.1. The predicted molar refractivity (Wildman–Crippen MR) is 80.0 cm³/mol. The Morgan fingerprint density at radius 1 is 1.30 bits per heavy atom.